The summed E-state index contributed by atoms with van der Waals surface area (Å²) in [6.07, 6.45) is 10.8. The maximum absolute atomic E-state index is 13.5. The van der Waals surface area contributed by atoms with Gasteiger partial charge in [-0.25, -0.2) is 4.79 Å². The van der Waals surface area contributed by atoms with Crippen molar-refractivity contribution in [2.45, 2.75) is 31.8 Å². The Morgan fingerprint density at radius 3 is 2.33 bits per heavy atom. The number of ether oxygens (including phenoxy) is 5. The number of carbonyl (C=O) groups excluding carboxylic acids is 1. The van der Waals surface area contributed by atoms with Crippen LogP contribution in [0.2, 0.25) is 0 Å². The Hall–Kier alpha value is -4.35. The van der Waals surface area contributed by atoms with E-state index in [0.717, 1.165) is 11.1 Å². The van der Waals surface area contributed by atoms with Crippen LogP contribution in [0, 0.1) is 12.3 Å². The average Bonchev–Trinajstić information content (AvgIpc) is 2.98. The van der Waals surface area contributed by atoms with E-state index < -0.39 is 18.2 Å². The number of terminal acetylenes is 1. The van der Waals surface area contributed by atoms with Gasteiger partial charge in [0.25, 0.3) is 0 Å². The molecule has 208 valence electrons. The standard InChI is InChI=1S/C33H34O7/c1-3-4-5-12-19-29(39-25-36-2)30(21-22-37-23-26-14-8-6-9-15-26)40-33(35)32-28(34)18-13-20-31(32)38-24-27-16-10-7-11-17-27/h1,4-20,29-30,34H,21-25H2,2H3/b5-4-,19-12+/t29-,30-/m0/s1. The molecule has 0 heterocycles. The summed E-state index contributed by atoms with van der Waals surface area (Å²) < 4.78 is 28.6. The van der Waals surface area contributed by atoms with Crippen LogP contribution in [-0.2, 0) is 32.2 Å². The molecule has 3 rings (SSSR count). The third-order valence-electron chi connectivity index (χ3n) is 5.71. The van der Waals surface area contributed by atoms with Gasteiger partial charge in [-0.15, -0.1) is 6.42 Å². The Labute approximate surface area is 235 Å². The van der Waals surface area contributed by atoms with Crippen molar-refractivity contribution in [3.05, 3.63) is 120 Å². The number of aromatic hydroxyl groups is 1. The van der Waals surface area contributed by atoms with Crippen LogP contribution in [0.5, 0.6) is 11.5 Å². The number of hydrogen-bond donors (Lipinski definition) is 1. The van der Waals surface area contributed by atoms with E-state index in [2.05, 4.69) is 5.92 Å². The molecule has 0 amide bonds. The first kappa shape index (κ1) is 30.2. The van der Waals surface area contributed by atoms with Crippen LogP contribution in [0.15, 0.2) is 103 Å². The molecule has 0 aliphatic rings. The fourth-order valence-electron chi connectivity index (χ4n) is 3.75. The van der Waals surface area contributed by atoms with Crippen LogP contribution in [0.3, 0.4) is 0 Å². The molecule has 0 radical (unpaired) electrons. The molecule has 2 atom stereocenters. The smallest absolute Gasteiger partial charge is 0.346 e. The molecule has 0 unspecified atom stereocenters. The van der Waals surface area contributed by atoms with Crippen molar-refractivity contribution in [1.82, 2.24) is 0 Å². The van der Waals surface area contributed by atoms with Crippen molar-refractivity contribution < 1.29 is 33.6 Å². The van der Waals surface area contributed by atoms with Crippen molar-refractivity contribution in [1.29, 1.82) is 0 Å². The molecule has 1 N–H and O–H groups in total. The summed E-state index contributed by atoms with van der Waals surface area (Å²) in [4.78, 5) is 13.5. The molecule has 40 heavy (non-hydrogen) atoms. The van der Waals surface area contributed by atoms with Gasteiger partial charge in [0.1, 0.15) is 42.7 Å². The first-order valence-corrected chi connectivity index (χ1v) is 12.8. The van der Waals surface area contributed by atoms with Crippen molar-refractivity contribution in [3.63, 3.8) is 0 Å². The van der Waals surface area contributed by atoms with E-state index >= 15 is 0 Å². The summed E-state index contributed by atoms with van der Waals surface area (Å²) >= 11 is 0. The first-order chi connectivity index (χ1) is 19.6. The van der Waals surface area contributed by atoms with Crippen LogP contribution in [0.25, 0.3) is 0 Å². The fourth-order valence-corrected chi connectivity index (χ4v) is 3.75. The van der Waals surface area contributed by atoms with Gasteiger partial charge in [-0.3, -0.25) is 0 Å². The Morgan fingerprint density at radius 1 is 0.950 bits per heavy atom. The molecule has 0 aromatic heterocycles. The lowest BCUT2D eigenvalue weighted by molar-refractivity contribution is -0.103. The molecule has 0 aliphatic carbocycles. The van der Waals surface area contributed by atoms with Crippen LogP contribution >= 0.6 is 0 Å². The van der Waals surface area contributed by atoms with Gasteiger partial charge in [0, 0.05) is 13.5 Å². The molecule has 7 nitrogen and oxygen atoms in total. The minimum Gasteiger partial charge on any atom is -0.507 e. The third-order valence-corrected chi connectivity index (χ3v) is 5.71. The number of esters is 1. The molecule has 7 heteroatoms. The summed E-state index contributed by atoms with van der Waals surface area (Å²) in [7, 11) is 1.50. The van der Waals surface area contributed by atoms with Gasteiger partial charge in [-0.05, 0) is 29.3 Å². The zero-order valence-corrected chi connectivity index (χ0v) is 22.5. The topological polar surface area (TPSA) is 83.5 Å². The maximum Gasteiger partial charge on any atom is 0.346 e. The second-order valence-corrected chi connectivity index (χ2v) is 8.64. The molecule has 0 bridgehead atoms. The SMILES string of the molecule is C#C/C=C\C=C\[C@H](OCOC)[C@H](CCOCc1ccccc1)OC(=O)c1c(O)cccc1OCc1ccccc1. The van der Waals surface area contributed by atoms with Crippen LogP contribution in [0.1, 0.15) is 27.9 Å². The average molecular weight is 543 g/mol. The van der Waals surface area contributed by atoms with Gasteiger partial charge in [0.15, 0.2) is 0 Å². The van der Waals surface area contributed by atoms with Gasteiger partial charge < -0.3 is 28.8 Å². The predicted molar refractivity (Wildman–Crippen MR) is 153 cm³/mol. The van der Waals surface area contributed by atoms with Crippen LogP contribution in [0.4, 0.5) is 0 Å². The van der Waals surface area contributed by atoms with Crippen molar-refractivity contribution in [2.24, 2.45) is 0 Å². The second-order valence-electron chi connectivity index (χ2n) is 8.64. The zero-order valence-electron chi connectivity index (χ0n) is 22.5. The molecular formula is C33H34O7. The van der Waals surface area contributed by atoms with E-state index in [-0.39, 0.29) is 37.1 Å². The molecule has 0 spiro atoms. The zero-order chi connectivity index (χ0) is 28.4. The largest absolute Gasteiger partial charge is 0.507 e. The minimum absolute atomic E-state index is 0.0329. The number of phenols is 1. The first-order valence-electron chi connectivity index (χ1n) is 12.8. The lowest BCUT2D eigenvalue weighted by Gasteiger charge is -2.25. The molecule has 0 aliphatic heterocycles. The molecule has 0 fully saturated rings. The Balaban J connectivity index is 1.78. The highest BCUT2D eigenvalue weighted by Gasteiger charge is 2.28. The van der Waals surface area contributed by atoms with Crippen LogP contribution < -0.4 is 4.74 Å². The Bertz CT molecular complexity index is 1260. The Kier molecular flexibility index (Phi) is 13.0. The number of rotatable bonds is 16. The molecule has 3 aromatic rings. The third kappa shape index (κ3) is 10.1. The summed E-state index contributed by atoms with van der Waals surface area (Å²) in [6.45, 7) is 0.870. The van der Waals surface area contributed by atoms with Gasteiger partial charge in [-0.2, -0.15) is 0 Å². The maximum atomic E-state index is 13.5. The van der Waals surface area contributed by atoms with E-state index in [1.165, 1.54) is 19.3 Å². The molecule has 0 saturated heterocycles. The van der Waals surface area contributed by atoms with E-state index in [9.17, 15) is 9.90 Å². The Morgan fingerprint density at radius 2 is 1.65 bits per heavy atom. The highest BCUT2D eigenvalue weighted by molar-refractivity contribution is 5.95. The van der Waals surface area contributed by atoms with Gasteiger partial charge in [0.05, 0.1) is 13.2 Å². The monoisotopic (exact) mass is 542 g/mol. The van der Waals surface area contributed by atoms with Gasteiger partial charge >= 0.3 is 5.97 Å². The normalized spacial score (nSPS) is 12.7. The van der Waals surface area contributed by atoms with Crippen LogP contribution in [-0.4, -0.2) is 43.8 Å². The van der Waals surface area contributed by atoms with Crippen molar-refractivity contribution >= 4 is 5.97 Å². The van der Waals surface area contributed by atoms with Crippen molar-refractivity contribution in [2.75, 3.05) is 20.5 Å². The van der Waals surface area contributed by atoms with E-state index in [1.807, 2.05) is 60.7 Å². The fraction of sp³-hybridized carbons (Fsp3) is 0.242. The summed E-state index contributed by atoms with van der Waals surface area (Å²) in [5, 5.41) is 10.6. The number of allylic oxidation sites excluding steroid dienone is 3. The highest BCUT2D eigenvalue weighted by Crippen LogP contribution is 2.30. The quantitative estimate of drug-likeness (QED) is 0.0801. The van der Waals surface area contributed by atoms with Gasteiger partial charge in [0.2, 0.25) is 0 Å². The summed E-state index contributed by atoms with van der Waals surface area (Å²) in [5.41, 5.74) is 1.86. The molecule has 3 aromatic carbocycles. The number of carbonyl (C=O) groups is 1. The van der Waals surface area contributed by atoms with Gasteiger partial charge in [-0.1, -0.05) is 90.9 Å². The lowest BCUT2D eigenvalue weighted by Crippen LogP contribution is -2.34. The van der Waals surface area contributed by atoms with E-state index in [0.29, 0.717) is 13.0 Å². The number of hydrogen-bond acceptors (Lipinski definition) is 7. The lowest BCUT2D eigenvalue weighted by atomic mass is 10.1. The van der Waals surface area contributed by atoms with E-state index in [4.69, 9.17) is 30.1 Å². The highest BCUT2D eigenvalue weighted by atomic mass is 16.7. The number of methoxy groups -OCH3 is 1. The van der Waals surface area contributed by atoms with Crippen molar-refractivity contribution in [3.8, 4) is 23.8 Å². The predicted octanol–water partition coefficient (Wildman–Crippen LogP) is 5.84. The summed E-state index contributed by atoms with van der Waals surface area (Å²) in [5.74, 6) is 1.61. The molecular weight excluding hydrogens is 508 g/mol. The minimum atomic E-state index is -0.782. The molecule has 0 saturated carbocycles. The van der Waals surface area contributed by atoms with E-state index in [1.54, 1.807) is 30.4 Å². The number of phenolic OH excluding ortho intramolecular Hbond substituents is 1. The second kappa shape index (κ2) is 17.3. The summed E-state index contributed by atoms with van der Waals surface area (Å²) in [6, 6.07) is 23.9. The number of benzene rings is 3.